The summed E-state index contributed by atoms with van der Waals surface area (Å²) in [4.78, 5) is 11.2. The Bertz CT molecular complexity index is 420. The molecule has 1 aliphatic rings. The van der Waals surface area contributed by atoms with E-state index in [-0.39, 0.29) is 12.5 Å². The summed E-state index contributed by atoms with van der Waals surface area (Å²) >= 11 is 0. The number of nitrogens with two attached hydrogens (primary N) is 1. The second-order valence-electron chi connectivity index (χ2n) is 5.52. The molecule has 0 saturated carbocycles. The van der Waals surface area contributed by atoms with Gasteiger partial charge in [-0.2, -0.15) is 0 Å². The number of hydrogen-bond acceptors (Lipinski definition) is 5. The first-order valence-electron chi connectivity index (χ1n) is 7.13. The van der Waals surface area contributed by atoms with E-state index in [1.165, 1.54) is 12.8 Å². The van der Waals surface area contributed by atoms with Crippen LogP contribution in [0, 0.1) is 0 Å². The molecule has 2 heterocycles. The van der Waals surface area contributed by atoms with Crippen LogP contribution in [0.15, 0.2) is 6.07 Å². The molecule has 0 radical (unpaired) electrons. The SMILES string of the molecule is CC(C)c1nc(N)cc(N2CCCCC2CCO)n1. The average Bonchev–Trinajstić information content (AvgIpc) is 2.39. The highest BCUT2D eigenvalue weighted by molar-refractivity contribution is 5.48. The predicted octanol–water partition coefficient (Wildman–Crippen LogP) is 1.92. The fourth-order valence-electron chi connectivity index (χ4n) is 2.63. The normalized spacial score (nSPS) is 20.0. The Morgan fingerprint density at radius 1 is 1.42 bits per heavy atom. The molecule has 1 fully saturated rings. The van der Waals surface area contributed by atoms with Gasteiger partial charge in [-0.15, -0.1) is 0 Å². The van der Waals surface area contributed by atoms with Gasteiger partial charge in [-0.1, -0.05) is 13.8 Å². The van der Waals surface area contributed by atoms with Crippen LogP contribution in [0.5, 0.6) is 0 Å². The molecule has 0 aliphatic carbocycles. The lowest BCUT2D eigenvalue weighted by atomic mass is 9.99. The number of aliphatic hydroxyl groups excluding tert-OH is 1. The van der Waals surface area contributed by atoms with Gasteiger partial charge in [-0.3, -0.25) is 0 Å². The maximum Gasteiger partial charge on any atom is 0.135 e. The number of nitrogens with zero attached hydrogens (tertiary/aromatic N) is 3. The van der Waals surface area contributed by atoms with E-state index in [2.05, 4.69) is 28.7 Å². The molecule has 1 atom stereocenters. The topological polar surface area (TPSA) is 75.3 Å². The number of hydrogen-bond donors (Lipinski definition) is 2. The number of nitrogen functional groups attached to an aromatic ring is 1. The standard InChI is InChI=1S/C14H24N4O/c1-10(2)14-16-12(15)9-13(17-14)18-7-4-3-5-11(18)6-8-19/h9-11,19H,3-8H2,1-2H3,(H2,15,16,17). The van der Waals surface area contributed by atoms with Crippen molar-refractivity contribution in [1.29, 1.82) is 0 Å². The summed E-state index contributed by atoms with van der Waals surface area (Å²) in [7, 11) is 0. The summed E-state index contributed by atoms with van der Waals surface area (Å²) in [6.07, 6.45) is 4.30. The minimum atomic E-state index is 0.221. The second-order valence-corrected chi connectivity index (χ2v) is 5.52. The molecule has 106 valence electrons. The molecule has 0 amide bonds. The molecule has 0 spiro atoms. The van der Waals surface area contributed by atoms with Crippen molar-refractivity contribution in [1.82, 2.24) is 9.97 Å². The van der Waals surface area contributed by atoms with Gasteiger partial charge in [0, 0.05) is 31.2 Å². The fourth-order valence-corrected chi connectivity index (χ4v) is 2.63. The highest BCUT2D eigenvalue weighted by Crippen LogP contribution is 2.27. The smallest absolute Gasteiger partial charge is 0.135 e. The van der Waals surface area contributed by atoms with Crippen molar-refractivity contribution >= 4 is 11.6 Å². The van der Waals surface area contributed by atoms with Crippen LogP contribution in [0.1, 0.15) is 51.3 Å². The second kappa shape index (κ2) is 6.19. The Morgan fingerprint density at radius 3 is 2.89 bits per heavy atom. The molecule has 1 saturated heterocycles. The zero-order chi connectivity index (χ0) is 13.8. The van der Waals surface area contributed by atoms with E-state index in [0.717, 1.165) is 31.0 Å². The van der Waals surface area contributed by atoms with E-state index >= 15 is 0 Å². The van der Waals surface area contributed by atoms with E-state index in [0.29, 0.717) is 11.9 Å². The van der Waals surface area contributed by atoms with E-state index in [4.69, 9.17) is 5.73 Å². The fraction of sp³-hybridized carbons (Fsp3) is 0.714. The first kappa shape index (κ1) is 14.1. The highest BCUT2D eigenvalue weighted by atomic mass is 16.3. The van der Waals surface area contributed by atoms with Crippen LogP contribution in [-0.2, 0) is 0 Å². The predicted molar refractivity (Wildman–Crippen MR) is 77.2 cm³/mol. The molecule has 5 nitrogen and oxygen atoms in total. The molecular formula is C14H24N4O. The van der Waals surface area contributed by atoms with Crippen molar-refractivity contribution in [2.24, 2.45) is 0 Å². The van der Waals surface area contributed by atoms with Gasteiger partial charge in [0.15, 0.2) is 0 Å². The largest absolute Gasteiger partial charge is 0.396 e. The van der Waals surface area contributed by atoms with Crippen molar-refractivity contribution < 1.29 is 5.11 Å². The minimum absolute atomic E-state index is 0.221. The Labute approximate surface area is 114 Å². The zero-order valence-electron chi connectivity index (χ0n) is 11.8. The van der Waals surface area contributed by atoms with Gasteiger partial charge < -0.3 is 15.7 Å². The third-order valence-electron chi connectivity index (χ3n) is 3.65. The minimum Gasteiger partial charge on any atom is -0.396 e. The Kier molecular flexibility index (Phi) is 4.58. The average molecular weight is 264 g/mol. The summed E-state index contributed by atoms with van der Waals surface area (Å²) in [6.45, 7) is 5.34. The number of aliphatic hydroxyl groups is 1. The van der Waals surface area contributed by atoms with Gasteiger partial charge in [-0.05, 0) is 25.7 Å². The van der Waals surface area contributed by atoms with E-state index in [9.17, 15) is 5.11 Å². The lowest BCUT2D eigenvalue weighted by Gasteiger charge is -2.36. The van der Waals surface area contributed by atoms with Gasteiger partial charge in [0.2, 0.25) is 0 Å². The molecule has 1 unspecified atom stereocenters. The Morgan fingerprint density at radius 2 is 2.21 bits per heavy atom. The molecule has 19 heavy (non-hydrogen) atoms. The van der Waals surface area contributed by atoms with Crippen LogP contribution >= 0.6 is 0 Å². The van der Waals surface area contributed by atoms with Crippen molar-refractivity contribution in [3.63, 3.8) is 0 Å². The lowest BCUT2D eigenvalue weighted by Crippen LogP contribution is -2.40. The lowest BCUT2D eigenvalue weighted by molar-refractivity contribution is 0.262. The molecule has 1 aromatic heterocycles. The van der Waals surface area contributed by atoms with Crippen molar-refractivity contribution in [2.75, 3.05) is 23.8 Å². The van der Waals surface area contributed by atoms with E-state index in [1.807, 2.05) is 6.07 Å². The maximum absolute atomic E-state index is 9.20. The molecule has 0 aromatic carbocycles. The molecular weight excluding hydrogens is 240 g/mol. The van der Waals surface area contributed by atoms with Crippen LogP contribution in [-0.4, -0.2) is 34.3 Å². The molecule has 1 aliphatic heterocycles. The van der Waals surface area contributed by atoms with Crippen molar-refractivity contribution in [3.05, 3.63) is 11.9 Å². The summed E-state index contributed by atoms with van der Waals surface area (Å²) < 4.78 is 0. The van der Waals surface area contributed by atoms with Crippen LogP contribution in [0.3, 0.4) is 0 Å². The van der Waals surface area contributed by atoms with Gasteiger partial charge in [0.1, 0.15) is 17.5 Å². The number of piperidine rings is 1. The summed E-state index contributed by atoms with van der Waals surface area (Å²) in [5.74, 6) is 2.50. The molecule has 1 aromatic rings. The van der Waals surface area contributed by atoms with Crippen molar-refractivity contribution in [2.45, 2.75) is 51.5 Å². The van der Waals surface area contributed by atoms with E-state index < -0.39 is 0 Å². The monoisotopic (exact) mass is 264 g/mol. The molecule has 5 heteroatoms. The van der Waals surface area contributed by atoms with E-state index in [1.54, 1.807) is 0 Å². The molecule has 2 rings (SSSR count). The first-order valence-corrected chi connectivity index (χ1v) is 7.13. The van der Waals surface area contributed by atoms with Crippen LogP contribution < -0.4 is 10.6 Å². The van der Waals surface area contributed by atoms with Gasteiger partial charge in [-0.25, -0.2) is 9.97 Å². The Hall–Kier alpha value is -1.36. The molecule has 3 N–H and O–H groups in total. The summed E-state index contributed by atoms with van der Waals surface area (Å²) in [5, 5.41) is 9.20. The maximum atomic E-state index is 9.20. The highest BCUT2D eigenvalue weighted by Gasteiger charge is 2.24. The third-order valence-corrected chi connectivity index (χ3v) is 3.65. The van der Waals surface area contributed by atoms with Gasteiger partial charge >= 0.3 is 0 Å². The van der Waals surface area contributed by atoms with Crippen LogP contribution in [0.2, 0.25) is 0 Å². The Balaban J connectivity index is 2.27. The molecule has 0 bridgehead atoms. The van der Waals surface area contributed by atoms with Gasteiger partial charge in [0.25, 0.3) is 0 Å². The van der Waals surface area contributed by atoms with Crippen LogP contribution in [0.25, 0.3) is 0 Å². The third kappa shape index (κ3) is 3.35. The quantitative estimate of drug-likeness (QED) is 0.869. The summed E-state index contributed by atoms with van der Waals surface area (Å²) in [5.41, 5.74) is 5.90. The number of aromatic nitrogens is 2. The number of rotatable bonds is 4. The van der Waals surface area contributed by atoms with Gasteiger partial charge in [0.05, 0.1) is 0 Å². The van der Waals surface area contributed by atoms with Crippen molar-refractivity contribution in [3.8, 4) is 0 Å². The number of anilines is 2. The summed E-state index contributed by atoms with van der Waals surface area (Å²) in [6, 6.07) is 2.22. The first-order chi connectivity index (χ1) is 9.11. The van der Waals surface area contributed by atoms with Crippen LogP contribution in [0.4, 0.5) is 11.6 Å². The zero-order valence-corrected chi connectivity index (χ0v) is 11.8.